The van der Waals surface area contributed by atoms with Gasteiger partial charge in [0, 0.05) is 5.56 Å². The normalized spacial score (nSPS) is 11.0. The molecule has 1 aromatic carbocycles. The predicted octanol–water partition coefficient (Wildman–Crippen LogP) is 0.884. The second kappa shape index (κ2) is 6.47. The van der Waals surface area contributed by atoms with Gasteiger partial charge in [-0.05, 0) is 31.3 Å². The topological polar surface area (TPSA) is 98.3 Å². The maximum atomic E-state index is 12.0. The van der Waals surface area contributed by atoms with E-state index in [0.717, 1.165) is 13.1 Å². The monoisotopic (exact) mass is 290 g/mol. The zero-order valence-corrected chi connectivity index (χ0v) is 12.0. The zero-order chi connectivity index (χ0) is 15.4. The van der Waals surface area contributed by atoms with Crippen LogP contribution in [0.5, 0.6) is 0 Å². The smallest absolute Gasteiger partial charge is 0.274 e. The molecule has 0 aliphatic rings. The molecule has 2 aromatic rings. The summed E-state index contributed by atoms with van der Waals surface area (Å²) in [5.74, 6) is -0.0815. The van der Waals surface area contributed by atoms with Crippen LogP contribution in [0, 0.1) is 0 Å². The summed E-state index contributed by atoms with van der Waals surface area (Å²) < 4.78 is 0. The maximum absolute atomic E-state index is 12.0. The summed E-state index contributed by atoms with van der Waals surface area (Å²) in [6.45, 7) is 6.31. The Kier molecular flexibility index (Phi) is 4.66. The molecule has 0 aliphatic carbocycles. The largest absolute Gasteiger partial charge is 0.309 e. The van der Waals surface area contributed by atoms with Crippen LogP contribution < -0.4 is 11.0 Å². The Labute approximate surface area is 121 Å². The first-order chi connectivity index (χ1) is 10.1. The van der Waals surface area contributed by atoms with Crippen molar-refractivity contribution in [1.82, 2.24) is 20.3 Å². The number of nitrogens with one attached hydrogen (secondary N) is 2. The zero-order valence-electron chi connectivity index (χ0n) is 12.0. The molecule has 0 radical (unpaired) electrons. The summed E-state index contributed by atoms with van der Waals surface area (Å²) in [4.78, 5) is 32.7. The number of carbonyl (C=O) groups is 1. The molecule has 0 bridgehead atoms. The second-order valence-corrected chi connectivity index (χ2v) is 4.65. The number of hydroxylamine groups is 1. The van der Waals surface area contributed by atoms with Crippen molar-refractivity contribution in [3.8, 4) is 0 Å². The number of hydrogen-bond donors (Lipinski definition) is 3. The van der Waals surface area contributed by atoms with Crippen LogP contribution in [-0.4, -0.2) is 39.1 Å². The third-order valence-corrected chi connectivity index (χ3v) is 3.39. The first-order valence-corrected chi connectivity index (χ1v) is 6.78. The van der Waals surface area contributed by atoms with Gasteiger partial charge in [0.15, 0.2) is 0 Å². The lowest BCUT2D eigenvalue weighted by atomic mass is 10.1. The number of aromatic nitrogens is 2. The standard InChI is InChI=1S/C14H18N4O3/c1-3-18(4-2)8-12-15-11-7-9(13(19)17-21)5-6-10(11)14(20)16-12/h5-7,21H,3-4,8H2,1-2H3,(H,17,19)(H,15,16,20). The molecule has 2 rings (SSSR count). The SMILES string of the molecule is CCN(CC)Cc1nc2cc(C(=O)NO)ccc2c(=O)[nH]1. The van der Waals surface area contributed by atoms with E-state index in [1.54, 1.807) is 5.48 Å². The summed E-state index contributed by atoms with van der Waals surface area (Å²) in [6, 6.07) is 4.48. The van der Waals surface area contributed by atoms with Crippen molar-refractivity contribution in [1.29, 1.82) is 0 Å². The molecule has 112 valence electrons. The van der Waals surface area contributed by atoms with E-state index in [4.69, 9.17) is 5.21 Å². The maximum Gasteiger partial charge on any atom is 0.274 e. The molecule has 0 saturated heterocycles. The summed E-state index contributed by atoms with van der Waals surface area (Å²) in [5.41, 5.74) is 2.01. The molecule has 0 spiro atoms. The summed E-state index contributed by atoms with van der Waals surface area (Å²) in [7, 11) is 0. The Morgan fingerprint density at radius 1 is 1.38 bits per heavy atom. The van der Waals surface area contributed by atoms with Crippen LogP contribution in [0.4, 0.5) is 0 Å². The van der Waals surface area contributed by atoms with Gasteiger partial charge in [-0.3, -0.25) is 19.7 Å². The molecule has 7 nitrogen and oxygen atoms in total. The van der Waals surface area contributed by atoms with E-state index in [9.17, 15) is 9.59 Å². The van der Waals surface area contributed by atoms with Gasteiger partial charge in [0.25, 0.3) is 11.5 Å². The highest BCUT2D eigenvalue weighted by molar-refractivity contribution is 5.96. The van der Waals surface area contributed by atoms with E-state index in [0.29, 0.717) is 23.3 Å². The van der Waals surface area contributed by atoms with Crippen LogP contribution in [0.1, 0.15) is 30.0 Å². The lowest BCUT2D eigenvalue weighted by Crippen LogP contribution is -2.25. The predicted molar refractivity (Wildman–Crippen MR) is 78.2 cm³/mol. The number of H-pyrrole nitrogens is 1. The van der Waals surface area contributed by atoms with Gasteiger partial charge in [0.1, 0.15) is 5.82 Å². The molecule has 1 aromatic heterocycles. The van der Waals surface area contributed by atoms with Crippen molar-refractivity contribution in [3.05, 3.63) is 39.9 Å². The van der Waals surface area contributed by atoms with E-state index in [1.807, 2.05) is 13.8 Å². The number of carbonyl (C=O) groups excluding carboxylic acids is 1. The Morgan fingerprint density at radius 3 is 2.71 bits per heavy atom. The van der Waals surface area contributed by atoms with Crippen LogP contribution in [0.25, 0.3) is 10.9 Å². The first kappa shape index (κ1) is 15.1. The van der Waals surface area contributed by atoms with Crippen LogP contribution >= 0.6 is 0 Å². The van der Waals surface area contributed by atoms with Crippen molar-refractivity contribution in [2.75, 3.05) is 13.1 Å². The molecule has 0 fully saturated rings. The highest BCUT2D eigenvalue weighted by atomic mass is 16.5. The third kappa shape index (κ3) is 3.26. The fourth-order valence-corrected chi connectivity index (χ4v) is 2.13. The molecule has 0 atom stereocenters. The number of aromatic amines is 1. The first-order valence-electron chi connectivity index (χ1n) is 6.78. The number of fused-ring (bicyclic) bond motifs is 1. The lowest BCUT2D eigenvalue weighted by Gasteiger charge is -2.17. The molecule has 21 heavy (non-hydrogen) atoms. The van der Waals surface area contributed by atoms with Crippen molar-refractivity contribution in [2.24, 2.45) is 0 Å². The third-order valence-electron chi connectivity index (χ3n) is 3.39. The van der Waals surface area contributed by atoms with Gasteiger partial charge < -0.3 is 4.98 Å². The van der Waals surface area contributed by atoms with Crippen molar-refractivity contribution >= 4 is 16.8 Å². The summed E-state index contributed by atoms with van der Waals surface area (Å²) in [6.07, 6.45) is 0. The van der Waals surface area contributed by atoms with Crippen LogP contribution in [0.2, 0.25) is 0 Å². The van der Waals surface area contributed by atoms with Gasteiger partial charge in [-0.15, -0.1) is 0 Å². The molecule has 0 saturated carbocycles. The molecule has 0 unspecified atom stereocenters. The molecule has 0 aliphatic heterocycles. The van der Waals surface area contributed by atoms with Gasteiger partial charge in [-0.1, -0.05) is 13.8 Å². The van der Waals surface area contributed by atoms with Gasteiger partial charge in [0.2, 0.25) is 0 Å². The number of nitrogens with zero attached hydrogens (tertiary/aromatic N) is 2. The minimum absolute atomic E-state index is 0.238. The fourth-order valence-electron chi connectivity index (χ4n) is 2.13. The van der Waals surface area contributed by atoms with Crippen molar-refractivity contribution in [3.63, 3.8) is 0 Å². The Balaban J connectivity index is 2.46. The van der Waals surface area contributed by atoms with Gasteiger partial charge in [-0.25, -0.2) is 10.5 Å². The molecule has 7 heteroatoms. The Bertz CT molecular complexity index is 707. The summed E-state index contributed by atoms with van der Waals surface area (Å²) >= 11 is 0. The molecule has 1 heterocycles. The van der Waals surface area contributed by atoms with Gasteiger partial charge >= 0.3 is 0 Å². The number of rotatable bonds is 5. The van der Waals surface area contributed by atoms with E-state index in [2.05, 4.69) is 14.9 Å². The van der Waals surface area contributed by atoms with Crippen LogP contribution in [-0.2, 0) is 6.54 Å². The lowest BCUT2D eigenvalue weighted by molar-refractivity contribution is 0.0706. The van der Waals surface area contributed by atoms with E-state index in [1.165, 1.54) is 18.2 Å². The Morgan fingerprint density at radius 2 is 2.10 bits per heavy atom. The van der Waals surface area contributed by atoms with Crippen LogP contribution in [0.15, 0.2) is 23.0 Å². The van der Waals surface area contributed by atoms with Gasteiger partial charge in [0.05, 0.1) is 17.4 Å². The second-order valence-electron chi connectivity index (χ2n) is 4.65. The minimum atomic E-state index is -0.635. The van der Waals surface area contributed by atoms with Crippen molar-refractivity contribution in [2.45, 2.75) is 20.4 Å². The minimum Gasteiger partial charge on any atom is -0.309 e. The molecular formula is C14H18N4O3. The van der Waals surface area contributed by atoms with Crippen molar-refractivity contribution < 1.29 is 10.0 Å². The number of benzene rings is 1. The highest BCUT2D eigenvalue weighted by Gasteiger charge is 2.10. The van der Waals surface area contributed by atoms with E-state index in [-0.39, 0.29) is 11.1 Å². The highest BCUT2D eigenvalue weighted by Crippen LogP contribution is 2.11. The summed E-state index contributed by atoms with van der Waals surface area (Å²) in [5, 5.41) is 9.07. The number of hydrogen-bond acceptors (Lipinski definition) is 5. The van der Waals surface area contributed by atoms with Gasteiger partial charge in [-0.2, -0.15) is 0 Å². The molecular weight excluding hydrogens is 272 g/mol. The average molecular weight is 290 g/mol. The quantitative estimate of drug-likeness (QED) is 0.561. The molecule has 1 amide bonds. The average Bonchev–Trinajstić information content (AvgIpc) is 2.51. The fraction of sp³-hybridized carbons (Fsp3) is 0.357. The van der Waals surface area contributed by atoms with E-state index < -0.39 is 5.91 Å². The van der Waals surface area contributed by atoms with E-state index >= 15 is 0 Å². The molecule has 3 N–H and O–H groups in total. The van der Waals surface area contributed by atoms with Crippen LogP contribution in [0.3, 0.4) is 0 Å². The Hall–Kier alpha value is -2.25. The number of amides is 1.